The average Bonchev–Trinajstić information content (AvgIpc) is 2.58. The molecule has 114 valence electrons. The van der Waals surface area contributed by atoms with E-state index in [0.29, 0.717) is 12.2 Å². The Balaban J connectivity index is 1.64. The summed E-state index contributed by atoms with van der Waals surface area (Å²) in [6, 6.07) is 21.8. The minimum atomic E-state index is -0.0613. The van der Waals surface area contributed by atoms with Crippen LogP contribution in [0.3, 0.4) is 0 Å². The van der Waals surface area contributed by atoms with Gasteiger partial charge in [-0.05, 0) is 30.2 Å². The fourth-order valence-corrected chi connectivity index (χ4v) is 2.35. The summed E-state index contributed by atoms with van der Waals surface area (Å²) in [5.74, 6) is 0.510. The predicted octanol–water partition coefficient (Wildman–Crippen LogP) is 4.24. The van der Waals surface area contributed by atoms with E-state index < -0.39 is 0 Å². The van der Waals surface area contributed by atoms with Crippen LogP contribution in [-0.2, 0) is 11.2 Å². The Hall–Kier alpha value is -2.94. The zero-order valence-corrected chi connectivity index (χ0v) is 13.0. The SMILES string of the molecule is Cc1ccc(CC(=O)Nc2ccc(-c3ccccc3)cn2)cc1. The number of aryl methyl sites for hydroxylation is 1. The summed E-state index contributed by atoms with van der Waals surface area (Å²) in [5.41, 5.74) is 4.32. The van der Waals surface area contributed by atoms with Crippen molar-refractivity contribution in [3.8, 4) is 11.1 Å². The molecule has 0 aliphatic carbocycles. The molecule has 2 aromatic carbocycles. The third-order valence-electron chi connectivity index (χ3n) is 3.62. The summed E-state index contributed by atoms with van der Waals surface area (Å²) in [5, 5.41) is 2.83. The number of carbonyl (C=O) groups is 1. The first-order valence-electron chi connectivity index (χ1n) is 7.57. The molecule has 3 aromatic rings. The van der Waals surface area contributed by atoms with E-state index in [0.717, 1.165) is 16.7 Å². The third kappa shape index (κ3) is 4.04. The molecular weight excluding hydrogens is 284 g/mol. The van der Waals surface area contributed by atoms with E-state index in [9.17, 15) is 4.79 Å². The first-order valence-corrected chi connectivity index (χ1v) is 7.57. The number of anilines is 1. The summed E-state index contributed by atoms with van der Waals surface area (Å²) < 4.78 is 0. The van der Waals surface area contributed by atoms with Crippen molar-refractivity contribution in [1.82, 2.24) is 4.98 Å². The van der Waals surface area contributed by atoms with E-state index in [2.05, 4.69) is 10.3 Å². The van der Waals surface area contributed by atoms with Gasteiger partial charge in [0.25, 0.3) is 0 Å². The van der Waals surface area contributed by atoms with Gasteiger partial charge in [-0.25, -0.2) is 4.98 Å². The Morgan fingerprint density at radius 3 is 2.30 bits per heavy atom. The fourth-order valence-electron chi connectivity index (χ4n) is 2.35. The molecule has 0 fully saturated rings. The molecule has 0 spiro atoms. The van der Waals surface area contributed by atoms with Crippen LogP contribution >= 0.6 is 0 Å². The highest BCUT2D eigenvalue weighted by molar-refractivity contribution is 5.91. The highest BCUT2D eigenvalue weighted by Gasteiger charge is 2.05. The van der Waals surface area contributed by atoms with E-state index >= 15 is 0 Å². The fraction of sp³-hybridized carbons (Fsp3) is 0.100. The number of carbonyl (C=O) groups excluding carboxylic acids is 1. The van der Waals surface area contributed by atoms with Gasteiger partial charge in [0.1, 0.15) is 5.82 Å². The van der Waals surface area contributed by atoms with Gasteiger partial charge in [0.2, 0.25) is 5.91 Å². The van der Waals surface area contributed by atoms with E-state index in [-0.39, 0.29) is 5.91 Å². The van der Waals surface area contributed by atoms with Crippen molar-refractivity contribution in [2.24, 2.45) is 0 Å². The lowest BCUT2D eigenvalue weighted by atomic mass is 10.1. The molecule has 1 amide bonds. The Morgan fingerprint density at radius 2 is 1.65 bits per heavy atom. The van der Waals surface area contributed by atoms with Crippen LogP contribution in [0.5, 0.6) is 0 Å². The van der Waals surface area contributed by atoms with Crippen LogP contribution in [0.25, 0.3) is 11.1 Å². The molecule has 0 saturated heterocycles. The van der Waals surface area contributed by atoms with Gasteiger partial charge in [-0.1, -0.05) is 60.2 Å². The number of amides is 1. The molecule has 23 heavy (non-hydrogen) atoms. The molecule has 3 rings (SSSR count). The molecule has 0 bridgehead atoms. The van der Waals surface area contributed by atoms with E-state index in [4.69, 9.17) is 0 Å². The summed E-state index contributed by atoms with van der Waals surface area (Å²) in [4.78, 5) is 16.4. The van der Waals surface area contributed by atoms with Crippen LogP contribution in [0.15, 0.2) is 72.9 Å². The third-order valence-corrected chi connectivity index (χ3v) is 3.62. The highest BCUT2D eigenvalue weighted by Crippen LogP contribution is 2.19. The monoisotopic (exact) mass is 302 g/mol. The summed E-state index contributed by atoms with van der Waals surface area (Å²) in [6.45, 7) is 2.03. The van der Waals surface area contributed by atoms with Crippen molar-refractivity contribution in [2.75, 3.05) is 5.32 Å². The van der Waals surface area contributed by atoms with Gasteiger partial charge in [-0.15, -0.1) is 0 Å². The van der Waals surface area contributed by atoms with Crippen molar-refractivity contribution in [3.63, 3.8) is 0 Å². The smallest absolute Gasteiger partial charge is 0.229 e. The second-order valence-electron chi connectivity index (χ2n) is 5.51. The number of aromatic nitrogens is 1. The molecule has 0 saturated carbocycles. The van der Waals surface area contributed by atoms with Gasteiger partial charge >= 0.3 is 0 Å². The van der Waals surface area contributed by atoms with Crippen LogP contribution in [-0.4, -0.2) is 10.9 Å². The Kier molecular flexibility index (Phi) is 4.48. The lowest BCUT2D eigenvalue weighted by molar-refractivity contribution is -0.115. The first-order chi connectivity index (χ1) is 11.2. The van der Waals surface area contributed by atoms with E-state index in [1.807, 2.05) is 73.7 Å². The molecule has 0 aliphatic rings. The quantitative estimate of drug-likeness (QED) is 0.783. The number of nitrogens with zero attached hydrogens (tertiary/aromatic N) is 1. The summed E-state index contributed by atoms with van der Waals surface area (Å²) in [7, 11) is 0. The number of rotatable bonds is 4. The largest absolute Gasteiger partial charge is 0.310 e. The minimum Gasteiger partial charge on any atom is -0.310 e. The van der Waals surface area contributed by atoms with Crippen LogP contribution < -0.4 is 5.32 Å². The van der Waals surface area contributed by atoms with Crippen LogP contribution in [0.2, 0.25) is 0 Å². The Bertz CT molecular complexity index is 778. The van der Waals surface area contributed by atoms with Gasteiger partial charge in [0, 0.05) is 11.8 Å². The minimum absolute atomic E-state index is 0.0613. The molecule has 0 atom stereocenters. The number of pyridine rings is 1. The molecule has 0 radical (unpaired) electrons. The van der Waals surface area contributed by atoms with Crippen molar-refractivity contribution < 1.29 is 4.79 Å². The van der Waals surface area contributed by atoms with E-state index in [1.54, 1.807) is 6.20 Å². The van der Waals surface area contributed by atoms with Crippen LogP contribution in [0.1, 0.15) is 11.1 Å². The van der Waals surface area contributed by atoms with Crippen LogP contribution in [0, 0.1) is 6.92 Å². The lowest BCUT2D eigenvalue weighted by Gasteiger charge is -2.06. The molecule has 1 heterocycles. The number of hydrogen-bond acceptors (Lipinski definition) is 2. The molecule has 0 aliphatic heterocycles. The molecular formula is C20H18N2O. The topological polar surface area (TPSA) is 42.0 Å². The number of benzene rings is 2. The average molecular weight is 302 g/mol. The zero-order valence-electron chi connectivity index (χ0n) is 13.0. The van der Waals surface area contributed by atoms with Gasteiger partial charge in [0.05, 0.1) is 6.42 Å². The van der Waals surface area contributed by atoms with Gasteiger partial charge in [-0.3, -0.25) is 4.79 Å². The van der Waals surface area contributed by atoms with Gasteiger partial charge in [0.15, 0.2) is 0 Å². The van der Waals surface area contributed by atoms with Gasteiger partial charge < -0.3 is 5.32 Å². The maximum absolute atomic E-state index is 12.1. The maximum atomic E-state index is 12.1. The molecule has 0 unspecified atom stereocenters. The number of hydrogen-bond donors (Lipinski definition) is 1. The molecule has 1 N–H and O–H groups in total. The normalized spacial score (nSPS) is 10.3. The van der Waals surface area contributed by atoms with Crippen molar-refractivity contribution in [2.45, 2.75) is 13.3 Å². The second-order valence-corrected chi connectivity index (χ2v) is 5.51. The van der Waals surface area contributed by atoms with Crippen molar-refractivity contribution in [3.05, 3.63) is 84.1 Å². The van der Waals surface area contributed by atoms with Crippen LogP contribution in [0.4, 0.5) is 5.82 Å². The standard InChI is InChI=1S/C20H18N2O/c1-15-7-9-16(10-8-15)13-20(23)22-19-12-11-18(14-21-19)17-5-3-2-4-6-17/h2-12,14H,13H2,1H3,(H,21,22,23). The molecule has 3 nitrogen and oxygen atoms in total. The zero-order chi connectivity index (χ0) is 16.1. The Morgan fingerprint density at radius 1 is 0.913 bits per heavy atom. The highest BCUT2D eigenvalue weighted by atomic mass is 16.1. The van der Waals surface area contributed by atoms with E-state index in [1.165, 1.54) is 5.56 Å². The van der Waals surface area contributed by atoms with Gasteiger partial charge in [-0.2, -0.15) is 0 Å². The molecule has 1 aromatic heterocycles. The summed E-state index contributed by atoms with van der Waals surface area (Å²) in [6.07, 6.45) is 2.12. The predicted molar refractivity (Wildman–Crippen MR) is 93.2 cm³/mol. The second kappa shape index (κ2) is 6.88. The van der Waals surface area contributed by atoms with Crippen molar-refractivity contribution in [1.29, 1.82) is 0 Å². The Labute approximate surface area is 136 Å². The lowest BCUT2D eigenvalue weighted by Crippen LogP contribution is -2.15. The first kappa shape index (κ1) is 15.0. The summed E-state index contributed by atoms with van der Waals surface area (Å²) >= 11 is 0. The maximum Gasteiger partial charge on any atom is 0.229 e. The molecule has 3 heteroatoms. The van der Waals surface area contributed by atoms with Crippen molar-refractivity contribution >= 4 is 11.7 Å². The number of nitrogens with one attached hydrogen (secondary N) is 1.